The molecule has 0 radical (unpaired) electrons. The number of carbonyl (C=O) groups is 1. The number of hydrogen-bond acceptors (Lipinski definition) is 4. The van der Waals surface area contributed by atoms with Crippen molar-refractivity contribution in [2.45, 2.75) is 20.8 Å². The Kier molecular flexibility index (Phi) is 6.26. The Hall–Kier alpha value is -1.30. The minimum Gasteiger partial charge on any atom is -0.395 e. The topological polar surface area (TPSA) is 75.4 Å². The smallest absolute Gasteiger partial charge is 0.257 e. The zero-order valence-electron chi connectivity index (χ0n) is 11.5. The maximum Gasteiger partial charge on any atom is 0.257 e. The van der Waals surface area contributed by atoms with E-state index in [4.69, 9.17) is 32.8 Å². The minimum atomic E-state index is -0.399. The van der Waals surface area contributed by atoms with Crippen LogP contribution in [0.2, 0.25) is 0 Å². The second kappa shape index (κ2) is 7.47. The van der Waals surface area contributed by atoms with Crippen molar-refractivity contribution in [1.82, 2.24) is 10.5 Å². The molecule has 0 aliphatic carbocycles. The fourth-order valence-corrected chi connectivity index (χ4v) is 2.12. The summed E-state index contributed by atoms with van der Waals surface area (Å²) in [7, 11) is 0. The fourth-order valence-electron chi connectivity index (χ4n) is 1.65. The molecule has 0 unspecified atom stereocenters. The number of aliphatic hydroxyl groups excluding tert-OH is 1. The van der Waals surface area contributed by atoms with E-state index in [9.17, 15) is 4.79 Å². The summed E-state index contributed by atoms with van der Waals surface area (Å²) < 4.78 is 5.07. The first-order valence-corrected chi connectivity index (χ1v) is 6.73. The van der Waals surface area contributed by atoms with E-state index in [0.717, 1.165) is 0 Å². The number of allylic oxidation sites excluding steroid dienone is 4. The molecule has 7 heteroatoms. The quantitative estimate of drug-likeness (QED) is 0.818. The normalized spacial score (nSPS) is 13.2. The number of aryl methyl sites for hydroxylation is 1. The van der Waals surface area contributed by atoms with Gasteiger partial charge in [0.15, 0.2) is 0 Å². The lowest BCUT2D eigenvalue weighted by Gasteiger charge is -2.07. The molecule has 5 nitrogen and oxygen atoms in total. The van der Waals surface area contributed by atoms with Crippen molar-refractivity contribution in [1.29, 1.82) is 0 Å². The molecular formula is C13H16Cl2N2O3. The van der Waals surface area contributed by atoms with Crippen LogP contribution in [0.15, 0.2) is 20.7 Å². The predicted molar refractivity (Wildman–Crippen MR) is 78.7 cm³/mol. The lowest BCUT2D eigenvalue weighted by atomic mass is 10.0. The van der Waals surface area contributed by atoms with Gasteiger partial charge in [-0.2, -0.15) is 0 Å². The summed E-state index contributed by atoms with van der Waals surface area (Å²) in [6, 6.07) is 0. The van der Waals surface area contributed by atoms with Crippen LogP contribution >= 0.6 is 23.2 Å². The molecule has 1 heterocycles. The fraction of sp³-hybridized carbons (Fsp3) is 0.385. The number of rotatable bonds is 5. The van der Waals surface area contributed by atoms with Crippen LogP contribution in [0, 0.1) is 6.92 Å². The van der Waals surface area contributed by atoms with Crippen LogP contribution in [-0.4, -0.2) is 29.3 Å². The van der Waals surface area contributed by atoms with Crippen LogP contribution in [0.4, 0.5) is 0 Å². The second-order valence-electron chi connectivity index (χ2n) is 3.99. The third-order valence-electron chi connectivity index (χ3n) is 2.56. The minimum absolute atomic E-state index is 0.138. The molecule has 1 aromatic rings. The summed E-state index contributed by atoms with van der Waals surface area (Å²) in [6.07, 6.45) is 1.65. The average Bonchev–Trinajstić information content (AvgIpc) is 2.77. The molecule has 1 rings (SSSR count). The molecule has 0 saturated carbocycles. The number of carbonyl (C=O) groups excluding carboxylic acids is 1. The number of amides is 1. The van der Waals surface area contributed by atoms with Gasteiger partial charge in [-0.3, -0.25) is 4.79 Å². The van der Waals surface area contributed by atoms with Crippen molar-refractivity contribution in [3.63, 3.8) is 0 Å². The number of hydrogen-bond donors (Lipinski definition) is 2. The molecule has 20 heavy (non-hydrogen) atoms. The summed E-state index contributed by atoms with van der Waals surface area (Å²) in [5.41, 5.74) is 0.990. The summed E-state index contributed by atoms with van der Waals surface area (Å²) >= 11 is 12.2. The standard InChI is InChI=1S/C13H16Cl2N2O3/c1-4-9(15)10(7(2)14)12-11(8(3)20-17-12)13(19)16-5-6-18/h4,18H,5-6H2,1-3H3,(H,16,19)/b9-4+,10-7-. The summed E-state index contributed by atoms with van der Waals surface area (Å²) in [4.78, 5) is 12.1. The van der Waals surface area contributed by atoms with Crippen molar-refractivity contribution in [2.75, 3.05) is 13.2 Å². The van der Waals surface area contributed by atoms with Crippen molar-refractivity contribution < 1.29 is 14.4 Å². The average molecular weight is 319 g/mol. The van der Waals surface area contributed by atoms with Crippen LogP contribution in [-0.2, 0) is 0 Å². The van der Waals surface area contributed by atoms with Gasteiger partial charge in [-0.25, -0.2) is 0 Å². The highest BCUT2D eigenvalue weighted by Gasteiger charge is 2.25. The first-order valence-electron chi connectivity index (χ1n) is 5.98. The van der Waals surface area contributed by atoms with Crippen molar-refractivity contribution >= 4 is 34.7 Å². The van der Waals surface area contributed by atoms with E-state index in [0.29, 0.717) is 21.4 Å². The Morgan fingerprint density at radius 2 is 2.15 bits per heavy atom. The Morgan fingerprint density at radius 3 is 2.65 bits per heavy atom. The highest BCUT2D eigenvalue weighted by molar-refractivity contribution is 6.42. The third-order valence-corrected chi connectivity index (χ3v) is 3.16. The number of nitrogens with zero attached hydrogens (tertiary/aromatic N) is 1. The molecule has 0 bridgehead atoms. The Bertz CT molecular complexity index is 558. The summed E-state index contributed by atoms with van der Waals surface area (Å²) in [5.74, 6) is -0.0461. The molecule has 0 aliphatic rings. The van der Waals surface area contributed by atoms with Gasteiger partial charge in [-0.15, -0.1) is 0 Å². The van der Waals surface area contributed by atoms with Gasteiger partial charge in [-0.1, -0.05) is 34.4 Å². The molecule has 0 atom stereocenters. The van der Waals surface area contributed by atoms with Crippen molar-refractivity contribution in [3.8, 4) is 0 Å². The van der Waals surface area contributed by atoms with Gasteiger partial charge in [0.1, 0.15) is 17.0 Å². The predicted octanol–water partition coefficient (Wildman–Crippen LogP) is 2.82. The Labute approximate surface area is 127 Å². The largest absolute Gasteiger partial charge is 0.395 e. The van der Waals surface area contributed by atoms with Gasteiger partial charge < -0.3 is 14.9 Å². The van der Waals surface area contributed by atoms with Gasteiger partial charge >= 0.3 is 0 Å². The van der Waals surface area contributed by atoms with Gasteiger partial charge in [-0.05, 0) is 20.8 Å². The monoisotopic (exact) mass is 318 g/mol. The molecule has 0 spiro atoms. The maximum atomic E-state index is 12.1. The van der Waals surface area contributed by atoms with Crippen LogP contribution in [0.3, 0.4) is 0 Å². The van der Waals surface area contributed by atoms with E-state index in [1.54, 1.807) is 26.8 Å². The second-order valence-corrected chi connectivity index (χ2v) is 4.96. The molecule has 0 fully saturated rings. The van der Waals surface area contributed by atoms with Gasteiger partial charge in [0.25, 0.3) is 5.91 Å². The number of aromatic nitrogens is 1. The molecule has 2 N–H and O–H groups in total. The van der Waals surface area contributed by atoms with Crippen LogP contribution in [0.1, 0.15) is 35.7 Å². The van der Waals surface area contributed by atoms with Crippen LogP contribution in [0.25, 0.3) is 5.57 Å². The van der Waals surface area contributed by atoms with E-state index in [2.05, 4.69) is 10.5 Å². The summed E-state index contributed by atoms with van der Waals surface area (Å²) in [5, 5.41) is 16.0. The van der Waals surface area contributed by atoms with E-state index in [-0.39, 0.29) is 24.4 Å². The van der Waals surface area contributed by atoms with Gasteiger partial charge in [0, 0.05) is 22.2 Å². The lowest BCUT2D eigenvalue weighted by molar-refractivity contribution is 0.0943. The first kappa shape index (κ1) is 16.8. The molecule has 0 aromatic carbocycles. The van der Waals surface area contributed by atoms with Crippen LogP contribution < -0.4 is 5.32 Å². The zero-order chi connectivity index (χ0) is 15.3. The Morgan fingerprint density at radius 1 is 1.50 bits per heavy atom. The maximum absolute atomic E-state index is 12.1. The first-order chi connectivity index (χ1) is 9.43. The molecule has 1 amide bonds. The molecule has 1 aromatic heterocycles. The molecule has 0 aliphatic heterocycles. The van der Waals surface area contributed by atoms with Gasteiger partial charge in [0.05, 0.1) is 6.61 Å². The van der Waals surface area contributed by atoms with E-state index < -0.39 is 5.91 Å². The highest BCUT2D eigenvalue weighted by atomic mass is 35.5. The van der Waals surface area contributed by atoms with Crippen molar-refractivity contribution in [2.24, 2.45) is 0 Å². The van der Waals surface area contributed by atoms with Crippen molar-refractivity contribution in [3.05, 3.63) is 33.2 Å². The molecule has 0 saturated heterocycles. The summed E-state index contributed by atoms with van der Waals surface area (Å²) in [6.45, 7) is 5.01. The zero-order valence-corrected chi connectivity index (χ0v) is 13.0. The number of nitrogens with one attached hydrogen (secondary N) is 1. The number of aliphatic hydroxyl groups is 1. The third kappa shape index (κ3) is 3.62. The molecule has 110 valence electrons. The lowest BCUT2D eigenvalue weighted by Crippen LogP contribution is -2.27. The molecular weight excluding hydrogens is 303 g/mol. The van der Waals surface area contributed by atoms with E-state index in [1.165, 1.54) is 0 Å². The van der Waals surface area contributed by atoms with E-state index in [1.807, 2.05) is 0 Å². The highest BCUT2D eigenvalue weighted by Crippen LogP contribution is 2.33. The Balaban J connectivity index is 3.33. The van der Waals surface area contributed by atoms with Gasteiger partial charge in [0.2, 0.25) is 0 Å². The SMILES string of the molecule is C/C=C(Cl)\C(=C(/C)Cl)c1noc(C)c1C(=O)NCCO. The number of halogens is 2. The van der Waals surface area contributed by atoms with Crippen LogP contribution in [0.5, 0.6) is 0 Å². The van der Waals surface area contributed by atoms with E-state index >= 15 is 0 Å².